The first-order valence-electron chi connectivity index (χ1n) is 7.31. The van der Waals surface area contributed by atoms with Gasteiger partial charge in [0, 0.05) is 12.1 Å². The van der Waals surface area contributed by atoms with Gasteiger partial charge >= 0.3 is 0 Å². The molecule has 0 spiro atoms. The zero-order valence-corrected chi connectivity index (χ0v) is 12.4. The highest BCUT2D eigenvalue weighted by Gasteiger charge is 2.29. The minimum Gasteiger partial charge on any atom is -0.314 e. The van der Waals surface area contributed by atoms with E-state index in [4.69, 9.17) is 11.0 Å². The van der Waals surface area contributed by atoms with Crippen molar-refractivity contribution in [3.05, 3.63) is 0 Å². The van der Waals surface area contributed by atoms with E-state index in [1.54, 1.807) is 0 Å². The first-order chi connectivity index (χ1) is 8.39. The smallest absolute Gasteiger partial charge is 0.102 e. The number of nitrogens with zero attached hydrogens (tertiary/aromatic N) is 2. The maximum absolute atomic E-state index is 9.01. The van der Waals surface area contributed by atoms with Gasteiger partial charge in [-0.15, -0.1) is 0 Å². The van der Waals surface area contributed by atoms with Crippen molar-refractivity contribution in [2.45, 2.75) is 76.9 Å². The van der Waals surface area contributed by atoms with Crippen LogP contribution < -0.4 is 5.73 Å². The van der Waals surface area contributed by atoms with Gasteiger partial charge in [0.05, 0.1) is 6.07 Å². The number of nitriles is 1. The Hall–Kier alpha value is -0.590. The van der Waals surface area contributed by atoms with Crippen LogP contribution in [0, 0.1) is 17.2 Å². The largest absolute Gasteiger partial charge is 0.314 e. The highest BCUT2D eigenvalue weighted by Crippen LogP contribution is 2.30. The molecule has 1 saturated carbocycles. The molecule has 1 aliphatic rings. The second kappa shape index (κ2) is 6.54. The molecule has 1 rings (SSSR count). The van der Waals surface area contributed by atoms with Gasteiger partial charge in [-0.1, -0.05) is 13.3 Å². The third-order valence-corrected chi connectivity index (χ3v) is 4.64. The van der Waals surface area contributed by atoms with E-state index in [2.05, 4.69) is 31.9 Å². The van der Waals surface area contributed by atoms with Gasteiger partial charge in [0.25, 0.3) is 0 Å². The van der Waals surface area contributed by atoms with Crippen LogP contribution in [0.5, 0.6) is 0 Å². The summed E-state index contributed by atoms with van der Waals surface area (Å²) in [5, 5.41) is 9.01. The van der Waals surface area contributed by atoms with Gasteiger partial charge in [-0.25, -0.2) is 0 Å². The Bertz CT molecular complexity index is 285. The molecule has 0 amide bonds. The predicted octanol–water partition coefficient (Wildman–Crippen LogP) is 2.91. The minimum atomic E-state index is -0.700. The summed E-state index contributed by atoms with van der Waals surface area (Å²) in [4.78, 5) is 2.44. The van der Waals surface area contributed by atoms with Crippen molar-refractivity contribution in [1.29, 1.82) is 5.26 Å². The molecule has 0 aliphatic heterocycles. The summed E-state index contributed by atoms with van der Waals surface area (Å²) in [6.07, 6.45) is 7.38. The van der Waals surface area contributed by atoms with Crippen LogP contribution in [0.2, 0.25) is 0 Å². The van der Waals surface area contributed by atoms with Crippen molar-refractivity contribution in [3.8, 4) is 6.07 Å². The van der Waals surface area contributed by atoms with E-state index in [1.165, 1.54) is 32.1 Å². The molecular weight excluding hydrogens is 222 g/mol. The normalized spacial score (nSPS) is 29.6. The molecule has 0 saturated heterocycles. The Morgan fingerprint density at radius 2 is 1.94 bits per heavy atom. The molecule has 18 heavy (non-hydrogen) atoms. The Labute approximate surface area is 112 Å². The summed E-state index contributed by atoms with van der Waals surface area (Å²) >= 11 is 0. The van der Waals surface area contributed by atoms with Crippen LogP contribution in [0.3, 0.4) is 0 Å². The Morgan fingerprint density at radius 3 is 2.39 bits per heavy atom. The molecule has 3 nitrogen and oxygen atoms in total. The van der Waals surface area contributed by atoms with Gasteiger partial charge in [0.15, 0.2) is 0 Å². The maximum Gasteiger partial charge on any atom is 0.102 e. The zero-order valence-electron chi connectivity index (χ0n) is 12.4. The van der Waals surface area contributed by atoms with Crippen LogP contribution in [0.25, 0.3) is 0 Å². The number of rotatable bonds is 5. The highest BCUT2D eigenvalue weighted by molar-refractivity contribution is 5.03. The third kappa shape index (κ3) is 4.26. The summed E-state index contributed by atoms with van der Waals surface area (Å²) in [6.45, 7) is 6.31. The Balaban J connectivity index is 2.45. The molecule has 0 aromatic carbocycles. The molecule has 104 valence electrons. The van der Waals surface area contributed by atoms with Crippen LogP contribution in [0.1, 0.15) is 59.3 Å². The standard InChI is InChI=1S/C15H29N3/c1-5-13-6-8-14(9-7-13)18(4)12(2)10-15(3,17)11-16/h12-14H,5-10,17H2,1-4H3. The minimum absolute atomic E-state index is 0.378. The second-order valence-corrected chi connectivity index (χ2v) is 6.33. The molecule has 3 heteroatoms. The molecule has 0 aromatic heterocycles. The van der Waals surface area contributed by atoms with Crippen molar-refractivity contribution in [1.82, 2.24) is 4.90 Å². The van der Waals surface area contributed by atoms with E-state index in [1.807, 2.05) is 6.92 Å². The summed E-state index contributed by atoms with van der Waals surface area (Å²) in [5.74, 6) is 0.934. The summed E-state index contributed by atoms with van der Waals surface area (Å²) in [5.41, 5.74) is 5.24. The molecule has 1 aliphatic carbocycles. The van der Waals surface area contributed by atoms with E-state index in [0.717, 1.165) is 12.3 Å². The van der Waals surface area contributed by atoms with Crippen LogP contribution in [0.4, 0.5) is 0 Å². The van der Waals surface area contributed by atoms with Gasteiger partial charge in [-0.2, -0.15) is 5.26 Å². The fraction of sp³-hybridized carbons (Fsp3) is 0.933. The lowest BCUT2D eigenvalue weighted by Crippen LogP contribution is -2.46. The highest BCUT2D eigenvalue weighted by atomic mass is 15.2. The van der Waals surface area contributed by atoms with E-state index < -0.39 is 5.54 Å². The molecule has 0 aromatic rings. The van der Waals surface area contributed by atoms with Crippen molar-refractivity contribution >= 4 is 0 Å². The molecule has 0 radical (unpaired) electrons. The van der Waals surface area contributed by atoms with Gasteiger partial charge < -0.3 is 10.6 Å². The van der Waals surface area contributed by atoms with Gasteiger partial charge in [0.2, 0.25) is 0 Å². The predicted molar refractivity (Wildman–Crippen MR) is 76.1 cm³/mol. The van der Waals surface area contributed by atoms with E-state index in [-0.39, 0.29) is 0 Å². The van der Waals surface area contributed by atoms with Crippen LogP contribution in [0.15, 0.2) is 0 Å². The Kier molecular flexibility index (Phi) is 5.62. The van der Waals surface area contributed by atoms with Crippen molar-refractivity contribution in [2.75, 3.05) is 7.05 Å². The molecule has 1 fully saturated rings. The summed E-state index contributed by atoms with van der Waals surface area (Å²) < 4.78 is 0. The summed E-state index contributed by atoms with van der Waals surface area (Å²) in [7, 11) is 2.19. The van der Waals surface area contributed by atoms with Crippen LogP contribution in [-0.4, -0.2) is 29.6 Å². The average Bonchev–Trinajstić information content (AvgIpc) is 2.37. The van der Waals surface area contributed by atoms with Crippen molar-refractivity contribution in [2.24, 2.45) is 11.7 Å². The molecule has 0 bridgehead atoms. The maximum atomic E-state index is 9.01. The zero-order chi connectivity index (χ0) is 13.8. The second-order valence-electron chi connectivity index (χ2n) is 6.33. The Morgan fingerprint density at radius 1 is 1.39 bits per heavy atom. The SMILES string of the molecule is CCC1CCC(N(C)C(C)CC(C)(N)C#N)CC1. The van der Waals surface area contributed by atoms with Gasteiger partial charge in [-0.3, -0.25) is 0 Å². The quantitative estimate of drug-likeness (QED) is 0.817. The first-order valence-corrected chi connectivity index (χ1v) is 7.31. The lowest BCUT2D eigenvalue weighted by molar-refractivity contribution is 0.115. The topological polar surface area (TPSA) is 53.0 Å². The molecule has 2 unspecified atom stereocenters. The molecule has 2 N–H and O–H groups in total. The third-order valence-electron chi connectivity index (χ3n) is 4.64. The molecular formula is C15H29N3. The summed E-state index contributed by atoms with van der Waals surface area (Å²) in [6, 6.07) is 3.25. The van der Waals surface area contributed by atoms with Crippen molar-refractivity contribution in [3.63, 3.8) is 0 Å². The van der Waals surface area contributed by atoms with Crippen molar-refractivity contribution < 1.29 is 0 Å². The number of hydrogen-bond donors (Lipinski definition) is 1. The molecule has 0 heterocycles. The number of hydrogen-bond acceptors (Lipinski definition) is 3. The lowest BCUT2D eigenvalue weighted by atomic mass is 9.83. The fourth-order valence-electron chi connectivity index (χ4n) is 3.12. The molecule has 2 atom stereocenters. The van der Waals surface area contributed by atoms with Crippen LogP contribution in [-0.2, 0) is 0 Å². The lowest BCUT2D eigenvalue weighted by Gasteiger charge is -2.39. The fourth-order valence-corrected chi connectivity index (χ4v) is 3.12. The van der Waals surface area contributed by atoms with Gasteiger partial charge in [0.1, 0.15) is 5.54 Å². The number of nitrogens with two attached hydrogens (primary N) is 1. The van der Waals surface area contributed by atoms with E-state index in [9.17, 15) is 0 Å². The first kappa shape index (κ1) is 15.5. The average molecular weight is 251 g/mol. The van der Waals surface area contributed by atoms with E-state index >= 15 is 0 Å². The monoisotopic (exact) mass is 251 g/mol. The van der Waals surface area contributed by atoms with Crippen LogP contribution >= 0.6 is 0 Å². The van der Waals surface area contributed by atoms with Gasteiger partial charge in [-0.05, 0) is 58.9 Å². The van der Waals surface area contributed by atoms with E-state index in [0.29, 0.717) is 12.1 Å².